The van der Waals surface area contributed by atoms with Gasteiger partial charge in [0.05, 0.1) is 26.4 Å². The van der Waals surface area contributed by atoms with Crippen LogP contribution in [0, 0.1) is 0 Å². The lowest BCUT2D eigenvalue weighted by Gasteiger charge is -2.49. The molecule has 4 fully saturated rings. The van der Waals surface area contributed by atoms with Crippen molar-refractivity contribution in [2.75, 3.05) is 33.5 Å². The van der Waals surface area contributed by atoms with Gasteiger partial charge in [0.2, 0.25) is 0 Å². The van der Waals surface area contributed by atoms with Crippen LogP contribution in [-0.4, -0.2) is 256 Å². The quantitative estimate of drug-likeness (QED) is 0.0829. The molecule has 0 aromatic carbocycles. The number of aliphatic hydroxyl groups is 16. The van der Waals surface area contributed by atoms with Crippen molar-refractivity contribution in [3.05, 3.63) is 0 Å². The summed E-state index contributed by atoms with van der Waals surface area (Å²) in [7, 11) is 0.984. The van der Waals surface area contributed by atoms with Crippen LogP contribution in [0.3, 0.4) is 0 Å². The van der Waals surface area contributed by atoms with E-state index in [1.807, 2.05) is 0 Å². The van der Waals surface area contributed by atoms with Crippen molar-refractivity contribution < 1.29 is 115 Å². The molecule has 23 nitrogen and oxygen atoms in total. The highest BCUT2D eigenvalue weighted by atomic mass is 16.7. The van der Waals surface area contributed by atoms with Gasteiger partial charge >= 0.3 is 0 Å². The number of methoxy groups -OCH3 is 1. The van der Waals surface area contributed by atoms with Gasteiger partial charge in [0.15, 0.2) is 12.6 Å². The van der Waals surface area contributed by atoms with Crippen molar-refractivity contribution in [3.63, 3.8) is 0 Å². The van der Waals surface area contributed by atoms with E-state index in [4.69, 9.17) is 33.2 Å². The molecule has 23 heteroatoms. The van der Waals surface area contributed by atoms with Crippen LogP contribution in [-0.2, 0) is 33.2 Å². The monoisotopic (exact) mass is 754 g/mol. The third-order valence-electron chi connectivity index (χ3n) is 9.70. The number of hydrogen-bond donors (Lipinski definition) is 16. The predicted octanol–water partition coefficient (Wildman–Crippen LogP) is -10.9. The molecule has 4 unspecified atom stereocenters. The largest absolute Gasteiger partial charge is 0.394 e. The summed E-state index contributed by atoms with van der Waals surface area (Å²) in [6.45, 7) is -3.51. The van der Waals surface area contributed by atoms with E-state index in [0.717, 1.165) is 7.11 Å². The molecule has 0 radical (unpaired) electrons. The normalized spacial score (nSPS) is 50.1. The second-order valence-corrected chi connectivity index (χ2v) is 12.9. The maximum atomic E-state index is 11.2. The zero-order valence-corrected chi connectivity index (χ0v) is 27.1. The van der Waals surface area contributed by atoms with Gasteiger partial charge in [-0.1, -0.05) is 0 Å². The van der Waals surface area contributed by atoms with Gasteiger partial charge in [-0.3, -0.25) is 0 Å². The maximum Gasteiger partial charge on any atom is 0.187 e. The molecule has 0 spiro atoms. The zero-order valence-electron chi connectivity index (χ0n) is 27.1. The molecule has 0 saturated carbocycles. The predicted molar refractivity (Wildman–Crippen MR) is 156 cm³/mol. The summed E-state index contributed by atoms with van der Waals surface area (Å²) in [5, 5.41) is 166. The van der Waals surface area contributed by atoms with Crippen molar-refractivity contribution in [2.45, 2.75) is 141 Å². The summed E-state index contributed by atoms with van der Waals surface area (Å²) in [5.74, 6) is 0. The lowest BCUT2D eigenvalue weighted by molar-refractivity contribution is -0.351. The molecule has 4 saturated heterocycles. The molecule has 16 N–H and O–H groups in total. The van der Waals surface area contributed by atoms with Crippen LogP contribution in [0.2, 0.25) is 0 Å². The zero-order chi connectivity index (χ0) is 38.1. The van der Waals surface area contributed by atoms with Crippen LogP contribution in [0.5, 0.6) is 0 Å². The Kier molecular flexibility index (Phi) is 15.2. The second kappa shape index (κ2) is 18.1. The fourth-order valence-electron chi connectivity index (χ4n) is 6.66. The first-order chi connectivity index (χ1) is 24.1. The van der Waals surface area contributed by atoms with Crippen molar-refractivity contribution in [1.29, 1.82) is 0 Å². The van der Waals surface area contributed by atoms with E-state index in [9.17, 15) is 81.7 Å². The van der Waals surface area contributed by atoms with Gasteiger partial charge in [0, 0.05) is 7.11 Å². The molecular weight excluding hydrogens is 704 g/mol. The molecular formula is C28H50O23. The van der Waals surface area contributed by atoms with Gasteiger partial charge in [0.1, 0.15) is 128 Å². The first-order valence-electron chi connectivity index (χ1n) is 16.1. The molecule has 4 heterocycles. The molecule has 0 aromatic heterocycles. The molecule has 300 valence electrons. The molecule has 4 aliphatic rings. The fourth-order valence-corrected chi connectivity index (χ4v) is 6.66. The van der Waals surface area contributed by atoms with E-state index in [2.05, 4.69) is 0 Å². The van der Waals surface area contributed by atoms with E-state index in [1.165, 1.54) is 0 Å². The Hall–Kier alpha value is -0.920. The minimum atomic E-state index is -2.11. The van der Waals surface area contributed by atoms with E-state index in [1.54, 1.807) is 0 Å². The Morgan fingerprint density at radius 2 is 0.765 bits per heavy atom. The smallest absolute Gasteiger partial charge is 0.187 e. The van der Waals surface area contributed by atoms with Crippen LogP contribution < -0.4 is 0 Å². The van der Waals surface area contributed by atoms with Gasteiger partial charge < -0.3 is 115 Å². The highest BCUT2D eigenvalue weighted by Gasteiger charge is 2.56. The average Bonchev–Trinajstić information content (AvgIpc) is 3.12. The minimum Gasteiger partial charge on any atom is -0.394 e. The van der Waals surface area contributed by atoms with E-state index >= 15 is 0 Å². The molecule has 0 bridgehead atoms. The third kappa shape index (κ3) is 8.51. The second-order valence-electron chi connectivity index (χ2n) is 12.9. The van der Waals surface area contributed by atoms with E-state index in [0.29, 0.717) is 0 Å². The molecule has 51 heavy (non-hydrogen) atoms. The molecule has 0 aromatic rings. The lowest BCUT2D eigenvalue weighted by atomic mass is 9.85. The standard InChI is InChI=1S/C28H50O23/c1-45-24(20(43)25-16(39)14(37)22(8(4-31)46-25)50-27-18(41)12(35)10(33)6(2-29)48-27)21(44)26-17(40)15(38)23(9(5-32)47-26)51-28-19(42)13(36)11(34)7(3-30)49-28/h6-44H,2-5H2,1H3/t6-,7-,8-,9-,10+,11+,12+,13+,14-,15-,16-,17-,18-,19-,20?,21?,22-,23-,24?,25?,26?,27+,28+/m0/s1. The third-order valence-corrected chi connectivity index (χ3v) is 9.70. The van der Waals surface area contributed by atoms with Crippen molar-refractivity contribution in [1.82, 2.24) is 0 Å². The first kappa shape index (κ1) is 42.8. The van der Waals surface area contributed by atoms with Gasteiger partial charge in [-0.05, 0) is 0 Å². The highest BCUT2D eigenvalue weighted by molar-refractivity contribution is 5.03. The average molecular weight is 755 g/mol. The number of hydrogen-bond acceptors (Lipinski definition) is 23. The summed E-state index contributed by atoms with van der Waals surface area (Å²) in [6.07, 6.45) is -42.2. The lowest BCUT2D eigenvalue weighted by Crippen LogP contribution is -2.69. The molecule has 22 atom stereocenters. The van der Waals surface area contributed by atoms with Crippen molar-refractivity contribution in [3.8, 4) is 0 Å². The number of aliphatic hydroxyl groups excluding tert-OH is 16. The number of rotatable bonds is 13. The van der Waals surface area contributed by atoms with Crippen LogP contribution >= 0.6 is 0 Å². The summed E-state index contributed by atoms with van der Waals surface area (Å²) in [5.41, 5.74) is 0. The Labute approximate surface area is 289 Å². The number of ether oxygens (including phenoxy) is 7. The van der Waals surface area contributed by atoms with Crippen LogP contribution in [0.1, 0.15) is 0 Å². The van der Waals surface area contributed by atoms with Crippen LogP contribution in [0.15, 0.2) is 0 Å². The van der Waals surface area contributed by atoms with Crippen LogP contribution in [0.25, 0.3) is 0 Å². The summed E-state index contributed by atoms with van der Waals surface area (Å²) in [4.78, 5) is 0. The molecule has 4 aliphatic heterocycles. The topological polar surface area (TPSA) is 388 Å². The minimum absolute atomic E-state index is 0.809. The first-order valence-corrected chi connectivity index (χ1v) is 16.1. The van der Waals surface area contributed by atoms with Crippen LogP contribution in [0.4, 0.5) is 0 Å². The van der Waals surface area contributed by atoms with Gasteiger partial charge in [-0.2, -0.15) is 0 Å². The Morgan fingerprint density at radius 1 is 0.431 bits per heavy atom. The van der Waals surface area contributed by atoms with E-state index in [-0.39, 0.29) is 0 Å². The van der Waals surface area contributed by atoms with Gasteiger partial charge in [0.25, 0.3) is 0 Å². The highest BCUT2D eigenvalue weighted by Crippen LogP contribution is 2.34. The Bertz CT molecular complexity index is 976. The van der Waals surface area contributed by atoms with Gasteiger partial charge in [-0.15, -0.1) is 0 Å². The SMILES string of the molecule is COC(C(O)C1O[C@@H](CO)[C@H](O[C@H]2O[C@@H](CO)[C@@H](O)[C@@H](O)[C@@H]2O)[C@@H](O)[C@@H]1O)C(O)C1O[C@@H](CO)[C@H](O[C@H]2O[C@@H](CO)[C@@H](O)[C@@H](O)[C@@H]2O)[C@@H](O)[C@@H]1O. The van der Waals surface area contributed by atoms with E-state index < -0.39 is 167 Å². The van der Waals surface area contributed by atoms with Crippen molar-refractivity contribution >= 4 is 0 Å². The maximum absolute atomic E-state index is 11.2. The van der Waals surface area contributed by atoms with Crippen molar-refractivity contribution in [2.24, 2.45) is 0 Å². The Morgan fingerprint density at radius 3 is 1.06 bits per heavy atom. The Balaban J connectivity index is 1.46. The summed E-state index contributed by atoms with van der Waals surface area (Å²) >= 11 is 0. The fraction of sp³-hybridized carbons (Fsp3) is 1.00. The molecule has 0 amide bonds. The van der Waals surface area contributed by atoms with Gasteiger partial charge in [-0.25, -0.2) is 0 Å². The summed E-state index contributed by atoms with van der Waals surface area (Å²) in [6, 6.07) is 0. The molecule has 4 rings (SSSR count). The molecule has 0 aliphatic carbocycles. The summed E-state index contributed by atoms with van der Waals surface area (Å²) < 4.78 is 37.9.